The molecule has 1 fully saturated rings. The van der Waals surface area contributed by atoms with Gasteiger partial charge < -0.3 is 9.67 Å². The van der Waals surface area contributed by atoms with Crippen molar-refractivity contribution >= 4 is 17.0 Å². The van der Waals surface area contributed by atoms with Gasteiger partial charge in [0.05, 0.1) is 17.6 Å². The zero-order valence-electron chi connectivity index (χ0n) is 10.9. The molecule has 2 aromatic rings. The van der Waals surface area contributed by atoms with Crippen LogP contribution >= 0.6 is 0 Å². The van der Waals surface area contributed by atoms with Gasteiger partial charge in [-0.2, -0.15) is 0 Å². The third kappa shape index (κ3) is 2.10. The predicted octanol–water partition coefficient (Wildman–Crippen LogP) is 1.62. The van der Waals surface area contributed by atoms with E-state index in [0.29, 0.717) is 6.54 Å². The summed E-state index contributed by atoms with van der Waals surface area (Å²) in [6.07, 6.45) is 1.68. The van der Waals surface area contributed by atoms with E-state index < -0.39 is 5.97 Å². The van der Waals surface area contributed by atoms with Gasteiger partial charge in [-0.25, -0.2) is 4.98 Å². The average molecular weight is 259 g/mol. The van der Waals surface area contributed by atoms with Crippen LogP contribution in [0.4, 0.5) is 0 Å². The van der Waals surface area contributed by atoms with Gasteiger partial charge in [-0.3, -0.25) is 9.69 Å². The van der Waals surface area contributed by atoms with Crippen molar-refractivity contribution in [1.82, 2.24) is 14.5 Å². The van der Waals surface area contributed by atoms with Crippen LogP contribution in [-0.2, 0) is 18.4 Å². The highest BCUT2D eigenvalue weighted by atomic mass is 16.4. The van der Waals surface area contributed by atoms with Crippen LogP contribution in [0, 0.1) is 0 Å². The topological polar surface area (TPSA) is 58.4 Å². The molecule has 1 aromatic carbocycles. The number of carbonyl (C=O) groups is 1. The summed E-state index contributed by atoms with van der Waals surface area (Å²) in [7, 11) is 1.98. The molecule has 5 nitrogen and oxygen atoms in total. The molecule has 1 N–H and O–H groups in total. The standard InChI is InChI=1S/C14H17N3O2/c1-16-11-6-3-2-5-10(11)15-13(16)9-17-8-4-7-12(17)14(18)19/h2-3,5-6,12H,4,7-9H2,1H3,(H,18,19). The van der Waals surface area contributed by atoms with Crippen molar-refractivity contribution in [1.29, 1.82) is 0 Å². The Kier molecular flexibility index (Phi) is 2.98. The summed E-state index contributed by atoms with van der Waals surface area (Å²) in [4.78, 5) is 17.8. The van der Waals surface area contributed by atoms with Crippen LogP contribution in [0.1, 0.15) is 18.7 Å². The second-order valence-corrected chi connectivity index (χ2v) is 5.04. The van der Waals surface area contributed by atoms with Crippen molar-refractivity contribution in [2.24, 2.45) is 7.05 Å². The quantitative estimate of drug-likeness (QED) is 0.910. The molecule has 1 aliphatic heterocycles. The lowest BCUT2D eigenvalue weighted by Crippen LogP contribution is -2.36. The van der Waals surface area contributed by atoms with Crippen LogP contribution < -0.4 is 0 Å². The number of carboxylic acid groups (broad SMARTS) is 1. The van der Waals surface area contributed by atoms with Crippen LogP contribution in [0.25, 0.3) is 11.0 Å². The number of aliphatic carboxylic acids is 1. The fourth-order valence-corrected chi connectivity index (χ4v) is 2.81. The zero-order chi connectivity index (χ0) is 13.4. The number of rotatable bonds is 3. The van der Waals surface area contributed by atoms with E-state index in [1.165, 1.54) is 0 Å². The number of aromatic nitrogens is 2. The maximum Gasteiger partial charge on any atom is 0.320 e. The lowest BCUT2D eigenvalue weighted by Gasteiger charge is -2.20. The van der Waals surface area contributed by atoms with Gasteiger partial charge in [0.15, 0.2) is 0 Å². The van der Waals surface area contributed by atoms with Gasteiger partial charge in [0.1, 0.15) is 11.9 Å². The Morgan fingerprint density at radius 3 is 3.00 bits per heavy atom. The van der Waals surface area contributed by atoms with Crippen LogP contribution in [-0.4, -0.2) is 38.1 Å². The summed E-state index contributed by atoms with van der Waals surface area (Å²) in [6, 6.07) is 7.61. The first-order valence-corrected chi connectivity index (χ1v) is 6.54. The third-order valence-electron chi connectivity index (χ3n) is 3.87. The molecule has 1 aliphatic rings. The second-order valence-electron chi connectivity index (χ2n) is 5.04. The van der Waals surface area contributed by atoms with Gasteiger partial charge >= 0.3 is 5.97 Å². The Labute approximate surface area is 111 Å². The molecule has 0 saturated carbocycles. The number of carboxylic acids is 1. The molecule has 1 aromatic heterocycles. The van der Waals surface area contributed by atoms with E-state index in [1.807, 2.05) is 40.8 Å². The highest BCUT2D eigenvalue weighted by Crippen LogP contribution is 2.22. The van der Waals surface area contributed by atoms with E-state index in [-0.39, 0.29) is 6.04 Å². The molecular formula is C14H17N3O2. The molecule has 3 rings (SSSR count). The van der Waals surface area contributed by atoms with Crippen molar-refractivity contribution in [2.75, 3.05) is 6.54 Å². The number of nitrogens with zero attached hydrogens (tertiary/aromatic N) is 3. The van der Waals surface area contributed by atoms with Crippen LogP contribution in [0.5, 0.6) is 0 Å². The molecule has 1 saturated heterocycles. The molecule has 0 spiro atoms. The van der Waals surface area contributed by atoms with Gasteiger partial charge in [0.25, 0.3) is 0 Å². The normalized spacial score (nSPS) is 20.2. The molecule has 0 amide bonds. The summed E-state index contributed by atoms with van der Waals surface area (Å²) in [6.45, 7) is 1.43. The van der Waals surface area contributed by atoms with Crippen molar-refractivity contribution < 1.29 is 9.90 Å². The lowest BCUT2D eigenvalue weighted by molar-refractivity contribution is -0.142. The van der Waals surface area contributed by atoms with Crippen molar-refractivity contribution in [3.63, 3.8) is 0 Å². The van der Waals surface area contributed by atoms with Crippen molar-refractivity contribution in [2.45, 2.75) is 25.4 Å². The summed E-state index contributed by atoms with van der Waals surface area (Å²) >= 11 is 0. The summed E-state index contributed by atoms with van der Waals surface area (Å²) in [5.41, 5.74) is 2.05. The number of aryl methyl sites for hydroxylation is 1. The van der Waals surface area contributed by atoms with Gasteiger partial charge in [-0.15, -0.1) is 0 Å². The largest absolute Gasteiger partial charge is 0.480 e. The highest BCUT2D eigenvalue weighted by molar-refractivity contribution is 5.76. The molecule has 5 heteroatoms. The molecular weight excluding hydrogens is 242 g/mol. The number of likely N-dealkylation sites (tertiary alicyclic amines) is 1. The first kappa shape index (κ1) is 12.2. The number of imidazole rings is 1. The average Bonchev–Trinajstić information content (AvgIpc) is 2.97. The molecule has 100 valence electrons. The molecule has 19 heavy (non-hydrogen) atoms. The first-order chi connectivity index (χ1) is 9.16. The van der Waals surface area contributed by atoms with Gasteiger partial charge in [-0.1, -0.05) is 12.1 Å². The van der Waals surface area contributed by atoms with E-state index in [9.17, 15) is 9.90 Å². The molecule has 0 radical (unpaired) electrons. The molecule has 1 unspecified atom stereocenters. The third-order valence-corrected chi connectivity index (χ3v) is 3.87. The van der Waals surface area contributed by atoms with Crippen LogP contribution in [0.3, 0.4) is 0 Å². The minimum absolute atomic E-state index is 0.361. The Bertz CT molecular complexity index is 620. The van der Waals surface area contributed by atoms with E-state index >= 15 is 0 Å². The first-order valence-electron chi connectivity index (χ1n) is 6.54. The van der Waals surface area contributed by atoms with Gasteiger partial charge in [0.2, 0.25) is 0 Å². The number of fused-ring (bicyclic) bond motifs is 1. The number of benzene rings is 1. The summed E-state index contributed by atoms with van der Waals surface area (Å²) < 4.78 is 2.05. The Morgan fingerprint density at radius 1 is 1.47 bits per heavy atom. The fraction of sp³-hybridized carbons (Fsp3) is 0.429. The van der Waals surface area contributed by atoms with Gasteiger partial charge in [-0.05, 0) is 31.5 Å². The zero-order valence-corrected chi connectivity index (χ0v) is 10.9. The molecule has 0 aliphatic carbocycles. The number of hydrogen-bond acceptors (Lipinski definition) is 3. The fourth-order valence-electron chi connectivity index (χ4n) is 2.81. The highest BCUT2D eigenvalue weighted by Gasteiger charge is 2.31. The summed E-state index contributed by atoms with van der Waals surface area (Å²) in [5, 5.41) is 9.20. The minimum atomic E-state index is -0.726. The van der Waals surface area contributed by atoms with Gasteiger partial charge in [0, 0.05) is 7.05 Å². The van der Waals surface area contributed by atoms with E-state index in [4.69, 9.17) is 0 Å². The minimum Gasteiger partial charge on any atom is -0.480 e. The number of para-hydroxylation sites is 2. The maximum absolute atomic E-state index is 11.2. The Hall–Kier alpha value is -1.88. The molecule has 2 heterocycles. The van der Waals surface area contributed by atoms with E-state index in [0.717, 1.165) is 36.2 Å². The Balaban J connectivity index is 1.89. The molecule has 0 bridgehead atoms. The summed E-state index contributed by atoms with van der Waals surface area (Å²) in [5.74, 6) is 0.200. The number of hydrogen-bond donors (Lipinski definition) is 1. The van der Waals surface area contributed by atoms with Crippen molar-refractivity contribution in [3.8, 4) is 0 Å². The van der Waals surface area contributed by atoms with Crippen molar-refractivity contribution in [3.05, 3.63) is 30.1 Å². The second kappa shape index (κ2) is 4.66. The lowest BCUT2D eigenvalue weighted by atomic mass is 10.2. The SMILES string of the molecule is Cn1c(CN2CCCC2C(=O)O)nc2ccccc21. The smallest absolute Gasteiger partial charge is 0.320 e. The monoisotopic (exact) mass is 259 g/mol. The predicted molar refractivity (Wildman–Crippen MR) is 71.8 cm³/mol. The van der Waals surface area contributed by atoms with E-state index in [2.05, 4.69) is 4.98 Å². The Morgan fingerprint density at radius 2 is 2.26 bits per heavy atom. The van der Waals surface area contributed by atoms with Crippen LogP contribution in [0.15, 0.2) is 24.3 Å². The molecule has 1 atom stereocenters. The van der Waals surface area contributed by atoms with E-state index in [1.54, 1.807) is 0 Å². The maximum atomic E-state index is 11.2. The van der Waals surface area contributed by atoms with Crippen LogP contribution in [0.2, 0.25) is 0 Å².